The van der Waals surface area contributed by atoms with Crippen molar-refractivity contribution in [1.82, 2.24) is 19.7 Å². The van der Waals surface area contributed by atoms with E-state index in [0.717, 1.165) is 30.1 Å². The lowest BCUT2D eigenvalue weighted by atomic mass is 10.2. The van der Waals surface area contributed by atoms with Crippen molar-refractivity contribution in [2.75, 3.05) is 40.3 Å². The number of halogens is 2. The highest BCUT2D eigenvalue weighted by Crippen LogP contribution is 2.14. The molecule has 2 rings (SSSR count). The lowest BCUT2D eigenvalue weighted by Crippen LogP contribution is -2.45. The third-order valence-corrected chi connectivity index (χ3v) is 4.14. The molecule has 0 saturated carbocycles. The van der Waals surface area contributed by atoms with Crippen molar-refractivity contribution in [3.8, 4) is 0 Å². The highest BCUT2D eigenvalue weighted by atomic mass is 127. The maximum Gasteiger partial charge on any atom is 0.193 e. The summed E-state index contributed by atoms with van der Waals surface area (Å²) in [7, 11) is 5.97. The van der Waals surface area contributed by atoms with Crippen LogP contribution in [-0.2, 0) is 13.6 Å². The summed E-state index contributed by atoms with van der Waals surface area (Å²) in [6.07, 6.45) is 3.42. The summed E-state index contributed by atoms with van der Waals surface area (Å²) in [4.78, 5) is 8.96. The Morgan fingerprint density at radius 2 is 2.19 bits per heavy atom. The number of nitrogens with zero attached hydrogens (tertiary/aromatic N) is 4. The molecule has 1 aliphatic rings. The molecular weight excluding hydrogens is 445 g/mol. The van der Waals surface area contributed by atoms with Gasteiger partial charge in [0.2, 0.25) is 0 Å². The van der Waals surface area contributed by atoms with Gasteiger partial charge in [0.05, 0.1) is 6.54 Å². The lowest BCUT2D eigenvalue weighted by molar-refractivity contribution is 0.184. The molecule has 0 spiro atoms. The molecule has 0 amide bonds. The number of hydrogen-bond donors (Lipinski definition) is 1. The topological polar surface area (TPSA) is 35.8 Å². The predicted molar refractivity (Wildman–Crippen MR) is 102 cm³/mol. The van der Waals surface area contributed by atoms with Gasteiger partial charge in [0.15, 0.2) is 5.96 Å². The maximum atomic E-state index is 4.35. The maximum absolute atomic E-state index is 4.35. The Bertz CT molecular complexity index is 470. The molecule has 1 N–H and O–H groups in total. The Morgan fingerprint density at radius 1 is 1.48 bits per heavy atom. The highest BCUT2D eigenvalue weighted by Gasteiger charge is 2.14. The standard InChI is InChI=1S/C14H24BrN5.HI/c1-16-14(17-5-8-20-6-4-7-20)19(3)11-13-9-12(15)10-18(13)2;/h9-10H,4-8,11H2,1-3H3,(H,16,17);1H. The summed E-state index contributed by atoms with van der Waals surface area (Å²) in [5, 5.41) is 3.43. The zero-order valence-electron chi connectivity index (χ0n) is 13.0. The number of aromatic nitrogens is 1. The average molecular weight is 470 g/mol. The number of guanidine groups is 1. The van der Waals surface area contributed by atoms with E-state index in [2.05, 4.69) is 67.0 Å². The first-order valence-corrected chi connectivity index (χ1v) is 7.84. The van der Waals surface area contributed by atoms with Gasteiger partial charge in [-0.2, -0.15) is 0 Å². The van der Waals surface area contributed by atoms with Crippen molar-refractivity contribution in [1.29, 1.82) is 0 Å². The SMILES string of the molecule is CN=C(NCCN1CCC1)N(C)Cc1cc(Br)cn1C.I. The number of hydrogen-bond acceptors (Lipinski definition) is 2. The average Bonchev–Trinajstić information content (AvgIpc) is 2.65. The summed E-state index contributed by atoms with van der Waals surface area (Å²) in [5.41, 5.74) is 1.25. The van der Waals surface area contributed by atoms with Crippen LogP contribution in [0, 0.1) is 0 Å². The fourth-order valence-corrected chi connectivity index (χ4v) is 2.93. The van der Waals surface area contributed by atoms with Gasteiger partial charge in [0.1, 0.15) is 0 Å². The molecular formula is C14H25BrIN5. The fraction of sp³-hybridized carbons (Fsp3) is 0.643. The van der Waals surface area contributed by atoms with E-state index in [9.17, 15) is 0 Å². The van der Waals surface area contributed by atoms with Gasteiger partial charge in [-0.05, 0) is 41.5 Å². The van der Waals surface area contributed by atoms with Crippen molar-refractivity contribution in [2.45, 2.75) is 13.0 Å². The zero-order valence-corrected chi connectivity index (χ0v) is 16.9. The quantitative estimate of drug-likeness (QED) is 0.407. The van der Waals surface area contributed by atoms with Crippen LogP contribution >= 0.6 is 39.9 Å². The van der Waals surface area contributed by atoms with E-state index < -0.39 is 0 Å². The van der Waals surface area contributed by atoms with E-state index in [4.69, 9.17) is 0 Å². The normalized spacial score (nSPS) is 15.3. The number of aliphatic imine (C=N–C) groups is 1. The monoisotopic (exact) mass is 469 g/mol. The Labute approximate surface area is 152 Å². The van der Waals surface area contributed by atoms with Crippen LogP contribution in [0.2, 0.25) is 0 Å². The van der Waals surface area contributed by atoms with Gasteiger partial charge in [0, 0.05) is 50.6 Å². The summed E-state index contributed by atoms with van der Waals surface area (Å²) >= 11 is 3.51. The smallest absolute Gasteiger partial charge is 0.193 e. The molecule has 1 aliphatic heterocycles. The molecule has 2 heterocycles. The van der Waals surface area contributed by atoms with Crippen LogP contribution in [0.15, 0.2) is 21.7 Å². The second kappa shape index (κ2) is 8.99. The first-order chi connectivity index (χ1) is 9.60. The molecule has 0 aliphatic carbocycles. The van der Waals surface area contributed by atoms with Gasteiger partial charge in [-0.1, -0.05) is 0 Å². The largest absolute Gasteiger partial charge is 0.355 e. The Hall–Kier alpha value is -0.280. The Kier molecular flexibility index (Phi) is 8.04. The minimum absolute atomic E-state index is 0. The summed E-state index contributed by atoms with van der Waals surface area (Å²) in [6.45, 7) is 5.38. The molecule has 1 saturated heterocycles. The van der Waals surface area contributed by atoms with Crippen molar-refractivity contribution < 1.29 is 0 Å². The van der Waals surface area contributed by atoms with Crippen LogP contribution in [-0.4, -0.2) is 60.6 Å². The first kappa shape index (κ1) is 18.8. The summed E-state index contributed by atoms with van der Waals surface area (Å²) < 4.78 is 3.25. The Balaban J connectivity index is 0.00000220. The van der Waals surface area contributed by atoms with E-state index >= 15 is 0 Å². The minimum atomic E-state index is 0. The van der Waals surface area contributed by atoms with Crippen molar-refractivity contribution in [3.05, 3.63) is 22.4 Å². The minimum Gasteiger partial charge on any atom is -0.355 e. The second-order valence-electron chi connectivity index (χ2n) is 5.29. The van der Waals surface area contributed by atoms with E-state index in [1.54, 1.807) is 0 Å². The van der Waals surface area contributed by atoms with Crippen LogP contribution in [0.3, 0.4) is 0 Å². The van der Waals surface area contributed by atoms with Crippen LogP contribution in [0.1, 0.15) is 12.1 Å². The van der Waals surface area contributed by atoms with Crippen molar-refractivity contribution >= 4 is 45.9 Å². The van der Waals surface area contributed by atoms with Gasteiger partial charge in [-0.15, -0.1) is 24.0 Å². The van der Waals surface area contributed by atoms with E-state index in [1.807, 2.05) is 7.05 Å². The van der Waals surface area contributed by atoms with Crippen molar-refractivity contribution in [3.63, 3.8) is 0 Å². The second-order valence-corrected chi connectivity index (χ2v) is 6.20. The molecule has 0 radical (unpaired) electrons. The van der Waals surface area contributed by atoms with Crippen molar-refractivity contribution in [2.24, 2.45) is 12.0 Å². The predicted octanol–water partition coefficient (Wildman–Crippen LogP) is 2.12. The van der Waals surface area contributed by atoms with Crippen LogP contribution in [0.5, 0.6) is 0 Å². The highest BCUT2D eigenvalue weighted by molar-refractivity contribution is 14.0. The molecule has 1 fully saturated rings. The van der Waals surface area contributed by atoms with E-state index in [-0.39, 0.29) is 24.0 Å². The van der Waals surface area contributed by atoms with Gasteiger partial charge in [-0.3, -0.25) is 4.99 Å². The number of nitrogens with one attached hydrogen (secondary N) is 1. The molecule has 1 aromatic rings. The summed E-state index contributed by atoms with van der Waals surface area (Å²) in [5.74, 6) is 0.947. The van der Waals surface area contributed by atoms with E-state index in [1.165, 1.54) is 25.2 Å². The first-order valence-electron chi connectivity index (χ1n) is 7.05. The number of aryl methyl sites for hydroxylation is 1. The Morgan fingerprint density at radius 3 is 2.67 bits per heavy atom. The lowest BCUT2D eigenvalue weighted by Gasteiger charge is -2.31. The zero-order chi connectivity index (χ0) is 14.5. The third-order valence-electron chi connectivity index (χ3n) is 3.71. The van der Waals surface area contributed by atoms with Gasteiger partial charge in [0.25, 0.3) is 0 Å². The molecule has 0 atom stereocenters. The number of rotatable bonds is 5. The van der Waals surface area contributed by atoms with Crippen LogP contribution in [0.4, 0.5) is 0 Å². The van der Waals surface area contributed by atoms with Gasteiger partial charge >= 0.3 is 0 Å². The molecule has 0 unspecified atom stereocenters. The summed E-state index contributed by atoms with van der Waals surface area (Å²) in [6, 6.07) is 2.14. The van der Waals surface area contributed by atoms with Crippen LogP contribution in [0.25, 0.3) is 0 Å². The fourth-order valence-electron chi connectivity index (χ4n) is 2.36. The molecule has 7 heteroatoms. The van der Waals surface area contributed by atoms with E-state index in [0.29, 0.717) is 0 Å². The molecule has 0 aromatic carbocycles. The molecule has 0 bridgehead atoms. The van der Waals surface area contributed by atoms with Gasteiger partial charge < -0.3 is 19.7 Å². The molecule has 120 valence electrons. The third kappa shape index (κ3) is 5.45. The molecule has 1 aromatic heterocycles. The molecule has 21 heavy (non-hydrogen) atoms. The molecule has 5 nitrogen and oxygen atoms in total. The number of likely N-dealkylation sites (tertiary alicyclic amines) is 1. The van der Waals surface area contributed by atoms with Gasteiger partial charge in [-0.25, -0.2) is 0 Å². The van der Waals surface area contributed by atoms with Crippen LogP contribution < -0.4 is 5.32 Å².